The predicted molar refractivity (Wildman–Crippen MR) is 125 cm³/mol. The molecule has 9 nitrogen and oxygen atoms in total. The Labute approximate surface area is 198 Å². The molecule has 0 bridgehead atoms. The van der Waals surface area contributed by atoms with Gasteiger partial charge >= 0.3 is 0 Å². The largest absolute Gasteiger partial charge is 0.486 e. The molecular weight excluding hydrogens is 460 g/mol. The van der Waals surface area contributed by atoms with Crippen molar-refractivity contribution in [2.75, 3.05) is 6.61 Å². The SMILES string of the molecule is O=CO.O=c1cc(CN2Cc3ccccc3C2)occ1OCC1C=CC(NS(=O)(=O)C2CC2)C1. The lowest BCUT2D eigenvalue weighted by molar-refractivity contribution is -0.122. The van der Waals surface area contributed by atoms with Gasteiger partial charge in [0.1, 0.15) is 12.0 Å². The number of hydrogen-bond donors (Lipinski definition) is 2. The highest BCUT2D eigenvalue weighted by atomic mass is 32.2. The van der Waals surface area contributed by atoms with E-state index in [9.17, 15) is 13.2 Å². The molecular formula is C24H28N2O7S. The lowest BCUT2D eigenvalue weighted by atomic mass is 10.1. The molecule has 2 atom stereocenters. The second-order valence-corrected chi connectivity index (χ2v) is 10.7. The fourth-order valence-electron chi connectivity index (χ4n) is 4.23. The van der Waals surface area contributed by atoms with E-state index in [4.69, 9.17) is 19.1 Å². The molecule has 182 valence electrons. The van der Waals surface area contributed by atoms with Crippen LogP contribution >= 0.6 is 0 Å². The van der Waals surface area contributed by atoms with E-state index in [0.717, 1.165) is 25.9 Å². The quantitative estimate of drug-likeness (QED) is 0.428. The third-order valence-electron chi connectivity index (χ3n) is 6.04. The lowest BCUT2D eigenvalue weighted by Gasteiger charge is -2.15. The topological polar surface area (TPSA) is 126 Å². The zero-order valence-electron chi connectivity index (χ0n) is 18.6. The second kappa shape index (κ2) is 10.5. The number of carboxylic acid groups (broad SMARTS) is 1. The summed E-state index contributed by atoms with van der Waals surface area (Å²) in [6.45, 7) is 2.32. The maximum Gasteiger partial charge on any atom is 0.290 e. The van der Waals surface area contributed by atoms with Gasteiger partial charge in [-0.2, -0.15) is 0 Å². The number of nitrogens with zero attached hydrogens (tertiary/aromatic N) is 1. The number of ether oxygens (including phenoxy) is 1. The Morgan fingerprint density at radius 1 is 1.18 bits per heavy atom. The molecule has 34 heavy (non-hydrogen) atoms. The van der Waals surface area contributed by atoms with Gasteiger partial charge in [0.15, 0.2) is 0 Å². The molecule has 2 aliphatic carbocycles. The zero-order valence-corrected chi connectivity index (χ0v) is 19.4. The Balaban J connectivity index is 0.000000868. The molecule has 3 aliphatic rings. The van der Waals surface area contributed by atoms with Gasteiger partial charge in [-0.3, -0.25) is 14.5 Å². The highest BCUT2D eigenvalue weighted by Gasteiger charge is 2.37. The van der Waals surface area contributed by atoms with E-state index in [1.807, 2.05) is 24.3 Å². The first-order valence-electron chi connectivity index (χ1n) is 11.2. The molecule has 1 aliphatic heterocycles. The standard InChI is InChI=1S/C23H26N2O5S.CH2O2/c26-22-10-20(13-25-11-17-3-1-2-4-18(17)12-25)29-15-23(22)30-14-16-5-6-19(9-16)24-31(27,28)21-7-8-21;2-1-3/h1-6,10,15-16,19,21,24H,7-9,11-14H2;1H,(H,2,3). The minimum Gasteiger partial charge on any atom is -0.486 e. The first-order chi connectivity index (χ1) is 16.4. The number of hydrogen-bond acceptors (Lipinski definition) is 7. The van der Waals surface area contributed by atoms with Crippen LogP contribution in [0.25, 0.3) is 0 Å². The summed E-state index contributed by atoms with van der Waals surface area (Å²) in [6.07, 6.45) is 7.32. The first-order valence-corrected chi connectivity index (χ1v) is 12.7. The molecule has 1 aromatic heterocycles. The summed E-state index contributed by atoms with van der Waals surface area (Å²) in [5.41, 5.74) is 2.42. The molecule has 2 unspecified atom stereocenters. The minimum atomic E-state index is -3.21. The van der Waals surface area contributed by atoms with Crippen LogP contribution in [0.5, 0.6) is 5.75 Å². The Morgan fingerprint density at radius 2 is 1.85 bits per heavy atom. The van der Waals surface area contributed by atoms with Crippen molar-refractivity contribution in [2.24, 2.45) is 5.92 Å². The molecule has 2 aromatic rings. The van der Waals surface area contributed by atoms with Gasteiger partial charge in [0.25, 0.3) is 6.47 Å². The van der Waals surface area contributed by atoms with Crippen LogP contribution in [0, 0.1) is 5.92 Å². The van der Waals surface area contributed by atoms with Gasteiger partial charge in [-0.05, 0) is 30.4 Å². The molecule has 1 saturated carbocycles. The van der Waals surface area contributed by atoms with Gasteiger partial charge in [0.05, 0.1) is 18.4 Å². The maximum absolute atomic E-state index is 12.5. The van der Waals surface area contributed by atoms with Gasteiger partial charge in [-0.1, -0.05) is 36.4 Å². The predicted octanol–water partition coefficient (Wildman–Crippen LogP) is 2.26. The Hall–Kier alpha value is -2.95. The van der Waals surface area contributed by atoms with Crippen LogP contribution in [0.3, 0.4) is 0 Å². The Kier molecular flexibility index (Phi) is 7.50. The molecule has 1 aromatic carbocycles. The fraction of sp³-hybridized carbons (Fsp3) is 0.417. The summed E-state index contributed by atoms with van der Waals surface area (Å²) in [5, 5.41) is 6.66. The lowest BCUT2D eigenvalue weighted by Crippen LogP contribution is -2.35. The van der Waals surface area contributed by atoms with E-state index in [-0.39, 0.29) is 34.9 Å². The van der Waals surface area contributed by atoms with Crippen molar-refractivity contribution < 1.29 is 27.5 Å². The van der Waals surface area contributed by atoms with Crippen molar-refractivity contribution in [1.29, 1.82) is 0 Å². The summed E-state index contributed by atoms with van der Waals surface area (Å²) in [7, 11) is -3.21. The molecule has 5 rings (SSSR count). The molecule has 2 heterocycles. The fourth-order valence-corrected chi connectivity index (χ4v) is 5.78. The maximum atomic E-state index is 12.5. The summed E-state index contributed by atoms with van der Waals surface area (Å²) in [4.78, 5) is 23.1. The smallest absolute Gasteiger partial charge is 0.290 e. The highest BCUT2D eigenvalue weighted by Crippen LogP contribution is 2.29. The average Bonchev–Trinajstić information content (AvgIpc) is 3.46. The van der Waals surface area contributed by atoms with E-state index in [1.165, 1.54) is 23.5 Å². The van der Waals surface area contributed by atoms with Gasteiger partial charge in [-0.25, -0.2) is 13.1 Å². The monoisotopic (exact) mass is 488 g/mol. The average molecular weight is 489 g/mol. The molecule has 0 saturated heterocycles. The van der Waals surface area contributed by atoms with Crippen molar-refractivity contribution in [1.82, 2.24) is 9.62 Å². The molecule has 10 heteroatoms. The van der Waals surface area contributed by atoms with Gasteiger partial charge in [0, 0.05) is 31.1 Å². The van der Waals surface area contributed by atoms with Crippen LogP contribution in [-0.4, -0.2) is 42.8 Å². The molecule has 0 radical (unpaired) electrons. The summed E-state index contributed by atoms with van der Waals surface area (Å²) in [5.74, 6) is 0.846. The van der Waals surface area contributed by atoms with Crippen molar-refractivity contribution in [2.45, 2.75) is 50.2 Å². The van der Waals surface area contributed by atoms with Crippen LogP contribution in [0.2, 0.25) is 0 Å². The molecule has 0 amide bonds. The number of rotatable bonds is 8. The first kappa shape index (κ1) is 24.2. The van der Waals surface area contributed by atoms with Crippen LogP contribution in [0.1, 0.15) is 36.1 Å². The van der Waals surface area contributed by atoms with E-state index < -0.39 is 10.0 Å². The number of carbonyl (C=O) groups is 1. The van der Waals surface area contributed by atoms with E-state index in [1.54, 1.807) is 0 Å². The van der Waals surface area contributed by atoms with Crippen LogP contribution in [0.4, 0.5) is 0 Å². The third-order valence-corrected chi connectivity index (χ3v) is 8.02. The third kappa shape index (κ3) is 6.13. The zero-order chi connectivity index (χ0) is 24.1. The van der Waals surface area contributed by atoms with Crippen molar-refractivity contribution in [3.8, 4) is 5.75 Å². The van der Waals surface area contributed by atoms with E-state index >= 15 is 0 Å². The minimum absolute atomic E-state index is 0.0501. The Bertz CT molecular complexity index is 1180. The number of fused-ring (bicyclic) bond motifs is 1. The van der Waals surface area contributed by atoms with Crippen molar-refractivity contribution in [3.05, 3.63) is 75.9 Å². The van der Waals surface area contributed by atoms with E-state index in [0.29, 0.717) is 25.3 Å². The summed E-state index contributed by atoms with van der Waals surface area (Å²) < 4.78 is 38.2. The van der Waals surface area contributed by atoms with Crippen LogP contribution < -0.4 is 14.9 Å². The Morgan fingerprint density at radius 3 is 2.47 bits per heavy atom. The summed E-state index contributed by atoms with van der Waals surface area (Å²) in [6, 6.07) is 9.62. The summed E-state index contributed by atoms with van der Waals surface area (Å²) >= 11 is 0. The van der Waals surface area contributed by atoms with Crippen molar-refractivity contribution >= 4 is 16.5 Å². The number of sulfonamides is 1. The normalized spacial score (nSPS) is 21.5. The highest BCUT2D eigenvalue weighted by molar-refractivity contribution is 7.90. The molecule has 2 N–H and O–H groups in total. The van der Waals surface area contributed by atoms with Crippen LogP contribution in [0.15, 0.2) is 58.0 Å². The van der Waals surface area contributed by atoms with Crippen LogP contribution in [-0.2, 0) is 34.5 Å². The second-order valence-electron chi connectivity index (χ2n) is 8.75. The number of benzene rings is 1. The number of nitrogens with one attached hydrogen (secondary N) is 1. The van der Waals surface area contributed by atoms with Gasteiger partial charge < -0.3 is 14.3 Å². The van der Waals surface area contributed by atoms with E-state index in [2.05, 4.69) is 21.8 Å². The molecule has 0 spiro atoms. The van der Waals surface area contributed by atoms with Gasteiger partial charge in [0.2, 0.25) is 21.2 Å². The van der Waals surface area contributed by atoms with Gasteiger partial charge in [-0.15, -0.1) is 0 Å². The van der Waals surface area contributed by atoms with Crippen molar-refractivity contribution in [3.63, 3.8) is 0 Å². The molecule has 1 fully saturated rings.